The van der Waals surface area contributed by atoms with Crippen molar-refractivity contribution in [1.29, 1.82) is 0 Å². The predicted molar refractivity (Wildman–Crippen MR) is 158 cm³/mol. The third-order valence-corrected chi connectivity index (χ3v) is 6.05. The lowest BCUT2D eigenvalue weighted by molar-refractivity contribution is 0.253. The SMILES string of the molecule is Cl.Cl.Cl.Cn1c(=O)ccc2cc(OCCCCCN(CCc3cccnc3)Cc3cccnc3)ccc21. The van der Waals surface area contributed by atoms with Crippen LogP contribution >= 0.6 is 37.2 Å². The van der Waals surface area contributed by atoms with Crippen molar-refractivity contribution >= 4 is 48.1 Å². The van der Waals surface area contributed by atoms with Gasteiger partial charge in [0.15, 0.2) is 0 Å². The largest absolute Gasteiger partial charge is 0.494 e. The van der Waals surface area contributed by atoms with Crippen molar-refractivity contribution in [2.24, 2.45) is 7.05 Å². The highest BCUT2D eigenvalue weighted by molar-refractivity contribution is 5.86. The number of nitrogens with zero attached hydrogens (tertiary/aromatic N) is 4. The molecule has 4 rings (SSSR count). The summed E-state index contributed by atoms with van der Waals surface area (Å²) in [5.74, 6) is 0.848. The fraction of sp³-hybridized carbons (Fsp3) is 0.321. The number of pyridine rings is 3. The van der Waals surface area contributed by atoms with Gasteiger partial charge in [-0.15, -0.1) is 37.2 Å². The van der Waals surface area contributed by atoms with Gasteiger partial charge in [0.25, 0.3) is 5.56 Å². The second kappa shape index (κ2) is 17.0. The molecule has 0 fully saturated rings. The first kappa shape index (κ1) is 32.4. The lowest BCUT2D eigenvalue weighted by Gasteiger charge is -2.22. The molecule has 37 heavy (non-hydrogen) atoms. The molecule has 0 aliphatic carbocycles. The molecule has 200 valence electrons. The van der Waals surface area contributed by atoms with E-state index in [1.54, 1.807) is 17.7 Å². The lowest BCUT2D eigenvalue weighted by Crippen LogP contribution is -2.27. The molecule has 0 bridgehead atoms. The first-order chi connectivity index (χ1) is 16.7. The van der Waals surface area contributed by atoms with E-state index in [1.165, 1.54) is 11.1 Å². The molecule has 0 spiro atoms. The van der Waals surface area contributed by atoms with Gasteiger partial charge in [0.2, 0.25) is 0 Å². The van der Waals surface area contributed by atoms with Crippen molar-refractivity contribution in [3.63, 3.8) is 0 Å². The van der Waals surface area contributed by atoms with Gasteiger partial charge in [0, 0.05) is 56.4 Å². The standard InChI is InChI=1S/C28H32N4O2.3ClH/c1-31-27-11-10-26(19-25(27)9-12-28(31)33)34-18-4-2-3-16-32(22-24-8-6-15-30-21-24)17-13-23-7-5-14-29-20-23;;;/h5-12,14-15,19-21H,2-4,13,16-18,22H2,1H3;3*1H. The number of rotatable bonds is 12. The van der Waals surface area contributed by atoms with Gasteiger partial charge in [-0.25, -0.2) is 0 Å². The van der Waals surface area contributed by atoms with Gasteiger partial charge in [-0.2, -0.15) is 0 Å². The zero-order valence-electron chi connectivity index (χ0n) is 21.0. The van der Waals surface area contributed by atoms with Crippen LogP contribution in [-0.2, 0) is 20.0 Å². The Morgan fingerprint density at radius 2 is 1.57 bits per heavy atom. The highest BCUT2D eigenvalue weighted by Crippen LogP contribution is 2.19. The molecule has 0 unspecified atom stereocenters. The third-order valence-electron chi connectivity index (χ3n) is 6.05. The summed E-state index contributed by atoms with van der Waals surface area (Å²) < 4.78 is 7.63. The van der Waals surface area contributed by atoms with Crippen LogP contribution in [0.15, 0.2) is 84.2 Å². The van der Waals surface area contributed by atoms with Gasteiger partial charge >= 0.3 is 0 Å². The van der Waals surface area contributed by atoms with Crippen molar-refractivity contribution in [3.05, 3.63) is 101 Å². The molecule has 0 aliphatic rings. The van der Waals surface area contributed by atoms with Gasteiger partial charge in [-0.1, -0.05) is 12.1 Å². The molecule has 4 aromatic rings. The second-order valence-corrected chi connectivity index (χ2v) is 8.61. The molecule has 0 radical (unpaired) electrons. The number of fused-ring (bicyclic) bond motifs is 1. The molecule has 0 N–H and O–H groups in total. The summed E-state index contributed by atoms with van der Waals surface area (Å²) in [6.45, 7) is 3.63. The van der Waals surface area contributed by atoms with Gasteiger partial charge in [-0.3, -0.25) is 19.7 Å². The number of benzene rings is 1. The quantitative estimate of drug-likeness (QED) is 0.201. The van der Waals surface area contributed by atoms with Crippen LogP contribution in [0.4, 0.5) is 0 Å². The second-order valence-electron chi connectivity index (χ2n) is 8.61. The van der Waals surface area contributed by atoms with Crippen LogP contribution in [0.3, 0.4) is 0 Å². The average molecular weight is 566 g/mol. The Morgan fingerprint density at radius 1 is 0.838 bits per heavy atom. The van der Waals surface area contributed by atoms with E-state index in [-0.39, 0.29) is 42.8 Å². The summed E-state index contributed by atoms with van der Waals surface area (Å²) in [4.78, 5) is 22.8. The maximum atomic E-state index is 11.8. The molecule has 9 heteroatoms. The minimum Gasteiger partial charge on any atom is -0.494 e. The van der Waals surface area contributed by atoms with E-state index in [9.17, 15) is 4.79 Å². The fourth-order valence-electron chi connectivity index (χ4n) is 4.11. The Morgan fingerprint density at radius 3 is 2.27 bits per heavy atom. The zero-order valence-corrected chi connectivity index (χ0v) is 23.4. The van der Waals surface area contributed by atoms with Crippen LogP contribution < -0.4 is 10.3 Å². The first-order valence-corrected chi connectivity index (χ1v) is 11.9. The molecular formula is C28H35Cl3N4O2. The van der Waals surface area contributed by atoms with E-state index in [4.69, 9.17) is 4.74 Å². The monoisotopic (exact) mass is 564 g/mol. The highest BCUT2D eigenvalue weighted by atomic mass is 35.5. The van der Waals surface area contributed by atoms with Gasteiger partial charge in [-0.05, 0) is 79.8 Å². The molecule has 0 aliphatic heterocycles. The first-order valence-electron chi connectivity index (χ1n) is 11.9. The number of ether oxygens (including phenoxy) is 1. The Balaban J connectivity index is 0.00000228. The van der Waals surface area contributed by atoms with Crippen LogP contribution in [0.1, 0.15) is 30.4 Å². The van der Waals surface area contributed by atoms with Crippen LogP contribution in [-0.4, -0.2) is 39.1 Å². The van der Waals surface area contributed by atoms with E-state index in [2.05, 4.69) is 27.0 Å². The molecule has 1 aromatic carbocycles. The summed E-state index contributed by atoms with van der Waals surface area (Å²) in [7, 11) is 1.79. The van der Waals surface area contributed by atoms with E-state index >= 15 is 0 Å². The average Bonchev–Trinajstić information content (AvgIpc) is 2.88. The van der Waals surface area contributed by atoms with Gasteiger partial charge in [0.05, 0.1) is 12.1 Å². The van der Waals surface area contributed by atoms with E-state index in [0.717, 1.165) is 62.0 Å². The Hall–Kier alpha value is -2.64. The van der Waals surface area contributed by atoms with Crippen molar-refractivity contribution in [3.8, 4) is 5.75 Å². The van der Waals surface area contributed by atoms with Crippen molar-refractivity contribution < 1.29 is 4.74 Å². The number of unbranched alkanes of at least 4 members (excludes halogenated alkanes) is 2. The van der Waals surface area contributed by atoms with Crippen molar-refractivity contribution in [2.75, 3.05) is 19.7 Å². The maximum Gasteiger partial charge on any atom is 0.250 e. The number of hydrogen-bond donors (Lipinski definition) is 0. The van der Waals surface area contributed by atoms with E-state index in [0.29, 0.717) is 6.61 Å². The Labute approximate surface area is 237 Å². The predicted octanol–water partition coefficient (Wildman–Crippen LogP) is 5.89. The van der Waals surface area contributed by atoms with Gasteiger partial charge < -0.3 is 9.30 Å². The van der Waals surface area contributed by atoms with Gasteiger partial charge in [0.1, 0.15) is 5.75 Å². The molecule has 6 nitrogen and oxygen atoms in total. The smallest absolute Gasteiger partial charge is 0.250 e. The molecule has 0 atom stereocenters. The van der Waals surface area contributed by atoms with Crippen LogP contribution in [0.5, 0.6) is 5.75 Å². The third kappa shape index (κ3) is 9.97. The summed E-state index contributed by atoms with van der Waals surface area (Å²) in [6, 6.07) is 17.6. The lowest BCUT2D eigenvalue weighted by atomic mass is 10.1. The summed E-state index contributed by atoms with van der Waals surface area (Å²) in [5.41, 5.74) is 3.42. The van der Waals surface area contributed by atoms with Crippen LogP contribution in [0, 0.1) is 0 Å². The molecule has 3 aromatic heterocycles. The van der Waals surface area contributed by atoms with Crippen molar-refractivity contribution in [2.45, 2.75) is 32.2 Å². The molecular weight excluding hydrogens is 531 g/mol. The van der Waals surface area contributed by atoms with Crippen LogP contribution in [0.25, 0.3) is 10.9 Å². The molecule has 0 amide bonds. The van der Waals surface area contributed by atoms with Crippen LogP contribution in [0.2, 0.25) is 0 Å². The van der Waals surface area contributed by atoms with E-state index < -0.39 is 0 Å². The molecule has 0 saturated heterocycles. The number of aryl methyl sites for hydroxylation is 1. The molecule has 3 heterocycles. The number of aromatic nitrogens is 3. The minimum atomic E-state index is -0.000764. The summed E-state index contributed by atoms with van der Waals surface area (Å²) >= 11 is 0. The Kier molecular flexibility index (Phi) is 14.9. The number of hydrogen-bond acceptors (Lipinski definition) is 5. The minimum absolute atomic E-state index is 0. The zero-order chi connectivity index (χ0) is 23.6. The fourth-order valence-corrected chi connectivity index (χ4v) is 4.11. The normalized spacial score (nSPS) is 10.3. The van der Waals surface area contributed by atoms with E-state index in [1.807, 2.05) is 61.2 Å². The highest BCUT2D eigenvalue weighted by Gasteiger charge is 2.07. The van der Waals surface area contributed by atoms with Crippen molar-refractivity contribution in [1.82, 2.24) is 19.4 Å². The maximum absolute atomic E-state index is 11.8. The summed E-state index contributed by atoms with van der Waals surface area (Å²) in [5, 5.41) is 1.01. The molecule has 0 saturated carbocycles. The number of halogens is 3. The topological polar surface area (TPSA) is 60.2 Å². The Bertz CT molecular complexity index is 1240. The summed E-state index contributed by atoms with van der Waals surface area (Å²) in [6.07, 6.45) is 11.8.